The Morgan fingerprint density at radius 2 is 1.84 bits per heavy atom. The minimum absolute atomic E-state index is 0.0904. The van der Waals surface area contributed by atoms with Gasteiger partial charge in [-0.2, -0.15) is 0 Å². The largest absolute Gasteiger partial charge is 0.391 e. The van der Waals surface area contributed by atoms with E-state index in [-0.39, 0.29) is 17.6 Å². The lowest BCUT2D eigenvalue weighted by atomic mass is 9.87. The summed E-state index contributed by atoms with van der Waals surface area (Å²) in [7, 11) is 0. The van der Waals surface area contributed by atoms with Crippen LogP contribution in [0.15, 0.2) is 54.6 Å². The molecule has 25 heavy (non-hydrogen) atoms. The van der Waals surface area contributed by atoms with Gasteiger partial charge in [0.2, 0.25) is 5.91 Å². The van der Waals surface area contributed by atoms with Crippen LogP contribution in [0.25, 0.3) is 0 Å². The lowest BCUT2D eigenvalue weighted by Gasteiger charge is -2.36. The maximum Gasteiger partial charge on any atom is 0.222 e. The summed E-state index contributed by atoms with van der Waals surface area (Å²) in [4.78, 5) is 14.2. The van der Waals surface area contributed by atoms with E-state index in [2.05, 4.69) is 0 Å². The van der Waals surface area contributed by atoms with Crippen LogP contribution >= 0.6 is 0 Å². The van der Waals surface area contributed by atoms with Crippen molar-refractivity contribution in [3.8, 4) is 0 Å². The molecule has 0 bridgehead atoms. The monoisotopic (exact) mass is 341 g/mol. The Morgan fingerprint density at radius 1 is 1.12 bits per heavy atom. The summed E-state index contributed by atoms with van der Waals surface area (Å²) in [6, 6.07) is 16.4. The van der Waals surface area contributed by atoms with Gasteiger partial charge in [0.15, 0.2) is 0 Å². The smallest absolute Gasteiger partial charge is 0.222 e. The van der Waals surface area contributed by atoms with Crippen LogP contribution in [0.5, 0.6) is 0 Å². The number of hydrogen-bond donors (Lipinski definition) is 1. The van der Waals surface area contributed by atoms with E-state index in [0.29, 0.717) is 19.5 Å². The molecule has 132 valence electrons. The van der Waals surface area contributed by atoms with Crippen LogP contribution < -0.4 is 0 Å². The molecule has 0 saturated carbocycles. The predicted octanol–water partition coefficient (Wildman–Crippen LogP) is 3.53. The standard InChI is InChI=1S/C21H24FNO2/c22-18-11-9-16(10-12-18)5-4-8-21(25)23-14-13-19(20(24)15-23)17-6-2-1-3-7-17/h1-3,6-7,9-12,19-20,24H,4-5,8,13-15H2/t19-,20-/m1/s1. The van der Waals surface area contributed by atoms with E-state index in [4.69, 9.17) is 0 Å². The molecule has 0 radical (unpaired) electrons. The second-order valence-electron chi connectivity index (χ2n) is 6.69. The molecule has 3 rings (SSSR count). The van der Waals surface area contributed by atoms with Gasteiger partial charge in [-0.3, -0.25) is 4.79 Å². The topological polar surface area (TPSA) is 40.5 Å². The van der Waals surface area contributed by atoms with Crippen molar-refractivity contribution >= 4 is 5.91 Å². The number of benzene rings is 2. The number of rotatable bonds is 5. The SMILES string of the molecule is O=C(CCCc1ccc(F)cc1)N1CC[C@H](c2ccccc2)[C@H](O)C1. The van der Waals surface area contributed by atoms with Gasteiger partial charge in [0.25, 0.3) is 0 Å². The van der Waals surface area contributed by atoms with E-state index in [0.717, 1.165) is 30.4 Å². The highest BCUT2D eigenvalue weighted by Crippen LogP contribution is 2.28. The first-order valence-corrected chi connectivity index (χ1v) is 8.89. The van der Waals surface area contributed by atoms with Crippen molar-refractivity contribution in [2.24, 2.45) is 0 Å². The minimum atomic E-state index is -0.516. The lowest BCUT2D eigenvalue weighted by Crippen LogP contribution is -2.45. The normalized spacial score (nSPS) is 20.5. The van der Waals surface area contributed by atoms with Crippen LogP contribution in [0, 0.1) is 5.82 Å². The molecule has 1 fully saturated rings. The van der Waals surface area contributed by atoms with Gasteiger partial charge in [0.05, 0.1) is 6.10 Å². The Labute approximate surface area is 148 Å². The number of likely N-dealkylation sites (tertiary alicyclic amines) is 1. The van der Waals surface area contributed by atoms with Crippen LogP contribution in [-0.4, -0.2) is 35.1 Å². The molecule has 0 spiro atoms. The van der Waals surface area contributed by atoms with Gasteiger partial charge < -0.3 is 10.0 Å². The maximum atomic E-state index is 12.9. The number of halogens is 1. The van der Waals surface area contributed by atoms with E-state index in [1.165, 1.54) is 12.1 Å². The number of β-amino-alcohol motifs (C(OH)–C–C–N with tert-alkyl or cyclic N) is 1. The molecule has 0 aromatic heterocycles. The molecule has 4 heteroatoms. The van der Waals surface area contributed by atoms with E-state index in [1.807, 2.05) is 30.3 Å². The van der Waals surface area contributed by atoms with Gasteiger partial charge in [-0.1, -0.05) is 42.5 Å². The van der Waals surface area contributed by atoms with Crippen LogP contribution in [0.2, 0.25) is 0 Å². The van der Waals surface area contributed by atoms with Crippen molar-refractivity contribution < 1.29 is 14.3 Å². The lowest BCUT2D eigenvalue weighted by molar-refractivity contribution is -0.134. The number of hydrogen-bond acceptors (Lipinski definition) is 2. The Kier molecular flexibility index (Phi) is 5.82. The first-order chi connectivity index (χ1) is 12.1. The van der Waals surface area contributed by atoms with Crippen LogP contribution in [0.1, 0.15) is 36.3 Å². The zero-order valence-electron chi connectivity index (χ0n) is 14.3. The second kappa shape index (κ2) is 8.26. The summed E-state index contributed by atoms with van der Waals surface area (Å²) in [5.41, 5.74) is 2.18. The first-order valence-electron chi connectivity index (χ1n) is 8.89. The van der Waals surface area contributed by atoms with Gasteiger partial charge in [-0.05, 0) is 42.5 Å². The number of aryl methyl sites for hydroxylation is 1. The van der Waals surface area contributed by atoms with Gasteiger partial charge in [0.1, 0.15) is 5.82 Å². The molecule has 1 saturated heterocycles. The zero-order chi connectivity index (χ0) is 17.6. The fourth-order valence-electron chi connectivity index (χ4n) is 3.50. The van der Waals surface area contributed by atoms with Gasteiger partial charge in [-0.25, -0.2) is 4.39 Å². The van der Waals surface area contributed by atoms with Gasteiger partial charge in [0, 0.05) is 25.4 Å². The first kappa shape index (κ1) is 17.6. The Hall–Kier alpha value is -2.20. The molecule has 1 aliphatic heterocycles. The van der Waals surface area contributed by atoms with E-state index < -0.39 is 6.10 Å². The third-order valence-electron chi connectivity index (χ3n) is 4.93. The zero-order valence-corrected chi connectivity index (χ0v) is 14.3. The molecule has 1 N–H and O–H groups in total. The highest BCUT2D eigenvalue weighted by Gasteiger charge is 2.30. The number of amides is 1. The molecule has 1 heterocycles. The Bertz CT molecular complexity index is 687. The van der Waals surface area contributed by atoms with Crippen molar-refractivity contribution in [2.45, 2.75) is 37.7 Å². The molecule has 0 aliphatic carbocycles. The number of carbonyl (C=O) groups excluding carboxylic acids is 1. The average Bonchev–Trinajstić information content (AvgIpc) is 2.64. The maximum absolute atomic E-state index is 12.9. The molecule has 2 aromatic carbocycles. The quantitative estimate of drug-likeness (QED) is 0.904. The number of carbonyl (C=O) groups is 1. The molecule has 2 aromatic rings. The van der Waals surface area contributed by atoms with Crippen molar-refractivity contribution in [3.63, 3.8) is 0 Å². The summed E-state index contributed by atoms with van der Waals surface area (Å²) >= 11 is 0. The third kappa shape index (κ3) is 4.67. The second-order valence-corrected chi connectivity index (χ2v) is 6.69. The highest BCUT2D eigenvalue weighted by molar-refractivity contribution is 5.76. The molecular formula is C21H24FNO2. The number of nitrogens with zero attached hydrogens (tertiary/aromatic N) is 1. The van der Waals surface area contributed by atoms with E-state index in [1.54, 1.807) is 17.0 Å². The average molecular weight is 341 g/mol. The molecular weight excluding hydrogens is 317 g/mol. The van der Waals surface area contributed by atoms with Crippen molar-refractivity contribution in [1.29, 1.82) is 0 Å². The fraction of sp³-hybridized carbons (Fsp3) is 0.381. The predicted molar refractivity (Wildman–Crippen MR) is 95.7 cm³/mol. The van der Waals surface area contributed by atoms with E-state index >= 15 is 0 Å². The number of piperidine rings is 1. The van der Waals surface area contributed by atoms with Crippen molar-refractivity contribution in [2.75, 3.05) is 13.1 Å². The molecule has 1 aliphatic rings. The van der Waals surface area contributed by atoms with Gasteiger partial charge in [-0.15, -0.1) is 0 Å². The third-order valence-corrected chi connectivity index (χ3v) is 4.93. The van der Waals surface area contributed by atoms with Crippen LogP contribution in [0.4, 0.5) is 4.39 Å². The molecule has 2 atom stereocenters. The number of aliphatic hydroxyl groups excluding tert-OH is 1. The van der Waals surface area contributed by atoms with E-state index in [9.17, 15) is 14.3 Å². The summed E-state index contributed by atoms with van der Waals surface area (Å²) < 4.78 is 12.9. The van der Waals surface area contributed by atoms with Crippen molar-refractivity contribution in [1.82, 2.24) is 4.90 Å². The Morgan fingerprint density at radius 3 is 2.52 bits per heavy atom. The summed E-state index contributed by atoms with van der Waals surface area (Å²) in [5.74, 6) is -0.0489. The minimum Gasteiger partial charge on any atom is -0.391 e. The fourth-order valence-corrected chi connectivity index (χ4v) is 3.50. The molecule has 0 unspecified atom stereocenters. The molecule has 3 nitrogen and oxygen atoms in total. The summed E-state index contributed by atoms with van der Waals surface area (Å²) in [6.45, 7) is 1.08. The number of aliphatic hydroxyl groups is 1. The van der Waals surface area contributed by atoms with Crippen LogP contribution in [-0.2, 0) is 11.2 Å². The summed E-state index contributed by atoms with van der Waals surface area (Å²) in [5, 5.41) is 10.4. The van der Waals surface area contributed by atoms with Crippen molar-refractivity contribution in [3.05, 3.63) is 71.5 Å². The van der Waals surface area contributed by atoms with Gasteiger partial charge >= 0.3 is 0 Å². The Balaban J connectivity index is 1.46. The van der Waals surface area contributed by atoms with Crippen LogP contribution in [0.3, 0.4) is 0 Å². The molecule has 1 amide bonds. The summed E-state index contributed by atoms with van der Waals surface area (Å²) in [6.07, 6.45) is 2.22. The highest BCUT2D eigenvalue weighted by atomic mass is 19.1.